The van der Waals surface area contributed by atoms with Gasteiger partial charge in [0.1, 0.15) is 0 Å². The molecule has 3 saturated carbocycles. The molecule has 9 N–H and O–H groups in total. The van der Waals surface area contributed by atoms with Crippen LogP contribution >= 0.6 is 0 Å². The third-order valence-electron chi connectivity index (χ3n) is 10.5. The summed E-state index contributed by atoms with van der Waals surface area (Å²) in [5.74, 6) is -1.89. The van der Waals surface area contributed by atoms with Crippen LogP contribution in [0.15, 0.2) is 11.6 Å². The van der Waals surface area contributed by atoms with Crippen molar-refractivity contribution in [2.75, 3.05) is 0 Å². The van der Waals surface area contributed by atoms with Crippen molar-refractivity contribution in [3.05, 3.63) is 11.6 Å². The first-order valence-electron chi connectivity index (χ1n) is 13.0. The number of carbonyl (C=O) groups excluding carboxylic acids is 1. The van der Waals surface area contributed by atoms with E-state index in [4.69, 9.17) is 0 Å². The van der Waals surface area contributed by atoms with Gasteiger partial charge in [0.05, 0.1) is 41.2 Å². The van der Waals surface area contributed by atoms with Gasteiger partial charge in [-0.25, -0.2) is 0 Å². The van der Waals surface area contributed by atoms with Gasteiger partial charge in [-0.15, -0.1) is 0 Å². The van der Waals surface area contributed by atoms with Gasteiger partial charge in [-0.3, -0.25) is 4.79 Å². The first-order chi connectivity index (χ1) is 15.9. The molecule has 9 nitrogen and oxygen atoms in total. The van der Waals surface area contributed by atoms with Gasteiger partial charge in [0.25, 0.3) is 0 Å². The molecule has 0 spiro atoms. The Morgan fingerprint density at radius 2 is 1.67 bits per heavy atom. The van der Waals surface area contributed by atoms with Crippen LogP contribution in [-0.2, 0) is 4.79 Å². The quantitative estimate of drug-likeness (QED) is 0.267. The van der Waals surface area contributed by atoms with E-state index in [9.17, 15) is 40.5 Å². The number of allylic oxidation sites excluding steroid dienone is 1. The van der Waals surface area contributed by atoms with Gasteiger partial charge in [-0.05, 0) is 88.7 Å². The van der Waals surface area contributed by atoms with Gasteiger partial charge in [0.2, 0.25) is 0 Å². The minimum atomic E-state index is -1.59. The minimum Gasteiger partial charge on any atom is -0.412 e. The van der Waals surface area contributed by atoms with Crippen molar-refractivity contribution in [3.8, 4) is 0 Å². The van der Waals surface area contributed by atoms with Crippen molar-refractivity contribution in [2.24, 2.45) is 28.6 Å². The van der Waals surface area contributed by atoms with E-state index in [0.29, 0.717) is 12.0 Å². The van der Waals surface area contributed by atoms with Crippen molar-refractivity contribution in [1.82, 2.24) is 0 Å². The van der Waals surface area contributed by atoms with Crippen molar-refractivity contribution in [3.63, 3.8) is 0 Å². The lowest BCUT2D eigenvalue weighted by Crippen LogP contribution is -2.66. The van der Waals surface area contributed by atoms with E-state index in [-0.39, 0.29) is 49.8 Å². The number of aliphatic hydroxyl groups excluding tert-OH is 4. The number of fused-ring (bicyclic) bond motifs is 5. The highest BCUT2D eigenvalue weighted by atomic mass is 16.3. The molecule has 0 aromatic carbocycles. The fourth-order valence-corrected chi connectivity index (χ4v) is 8.44. The van der Waals surface area contributed by atoms with Gasteiger partial charge in [0.15, 0.2) is 5.78 Å². The van der Waals surface area contributed by atoms with E-state index in [1.165, 1.54) is 6.08 Å². The third-order valence-corrected chi connectivity index (χ3v) is 10.5. The summed E-state index contributed by atoms with van der Waals surface area (Å²) in [4.78, 5) is 13.3. The van der Waals surface area contributed by atoms with Gasteiger partial charge < -0.3 is 41.2 Å². The Balaban J connectivity index is 0.00000361. The SMILES string of the molecule is CC(C)(O)CC[C@@H](O)[C@](C)(O)[C@H]1CC[C@@]2(O)C3=CC(=O)[C@@H]4C[C@H](O)[C@H](O)C[C@]4(C)[C@H]3[C@@H](O)C[C@]12C.O. The predicted molar refractivity (Wildman–Crippen MR) is 132 cm³/mol. The monoisotopic (exact) mass is 514 g/mol. The predicted octanol–water partition coefficient (Wildman–Crippen LogP) is 0.0001000. The van der Waals surface area contributed by atoms with E-state index in [1.54, 1.807) is 20.8 Å². The number of aliphatic hydroxyl groups is 7. The Bertz CT molecular complexity index is 894. The molecular weight excluding hydrogens is 468 g/mol. The third kappa shape index (κ3) is 4.20. The smallest absolute Gasteiger partial charge is 0.159 e. The molecule has 0 saturated heterocycles. The summed E-state index contributed by atoms with van der Waals surface area (Å²) in [6.45, 7) is 8.52. The minimum absolute atomic E-state index is 0. The van der Waals surface area contributed by atoms with Crippen LogP contribution in [0.25, 0.3) is 0 Å². The molecule has 208 valence electrons. The van der Waals surface area contributed by atoms with Crippen LogP contribution in [0.5, 0.6) is 0 Å². The Morgan fingerprint density at radius 3 is 2.25 bits per heavy atom. The maximum Gasteiger partial charge on any atom is 0.159 e. The van der Waals surface area contributed by atoms with Crippen molar-refractivity contribution < 1.29 is 46.0 Å². The van der Waals surface area contributed by atoms with Gasteiger partial charge in [-0.2, -0.15) is 0 Å². The van der Waals surface area contributed by atoms with Crippen LogP contribution in [0.1, 0.15) is 79.6 Å². The fourth-order valence-electron chi connectivity index (χ4n) is 8.44. The zero-order valence-electron chi connectivity index (χ0n) is 22.1. The molecule has 36 heavy (non-hydrogen) atoms. The summed E-state index contributed by atoms with van der Waals surface area (Å²) in [5, 5.41) is 77.0. The zero-order valence-corrected chi connectivity index (χ0v) is 22.1. The second-order valence-corrected chi connectivity index (χ2v) is 13.3. The van der Waals surface area contributed by atoms with Gasteiger partial charge >= 0.3 is 0 Å². The van der Waals surface area contributed by atoms with Crippen LogP contribution < -0.4 is 0 Å². The number of rotatable bonds is 5. The largest absolute Gasteiger partial charge is 0.412 e. The molecule has 4 aliphatic carbocycles. The summed E-state index contributed by atoms with van der Waals surface area (Å²) >= 11 is 0. The molecule has 0 aromatic heterocycles. The molecule has 0 bridgehead atoms. The van der Waals surface area contributed by atoms with Crippen molar-refractivity contribution >= 4 is 5.78 Å². The lowest BCUT2D eigenvalue weighted by molar-refractivity contribution is -0.197. The Hall–Kier alpha value is -0.910. The topological polar surface area (TPSA) is 190 Å². The van der Waals surface area contributed by atoms with Crippen molar-refractivity contribution in [2.45, 2.75) is 121 Å². The number of carbonyl (C=O) groups is 1. The van der Waals surface area contributed by atoms with Crippen LogP contribution in [0, 0.1) is 28.6 Å². The van der Waals surface area contributed by atoms with Crippen LogP contribution in [0.2, 0.25) is 0 Å². The second-order valence-electron chi connectivity index (χ2n) is 13.3. The molecule has 0 unspecified atom stereocenters. The van der Waals surface area contributed by atoms with Crippen molar-refractivity contribution in [1.29, 1.82) is 0 Å². The van der Waals surface area contributed by atoms with E-state index in [0.717, 1.165) is 0 Å². The summed E-state index contributed by atoms with van der Waals surface area (Å²) < 4.78 is 0. The van der Waals surface area contributed by atoms with Crippen LogP contribution in [0.3, 0.4) is 0 Å². The molecule has 3 fully saturated rings. The summed E-state index contributed by atoms with van der Waals surface area (Å²) in [7, 11) is 0. The van der Waals surface area contributed by atoms with E-state index >= 15 is 0 Å². The molecule has 4 aliphatic rings. The lowest BCUT2D eigenvalue weighted by Gasteiger charge is -2.62. The highest BCUT2D eigenvalue weighted by molar-refractivity contribution is 5.95. The fraction of sp³-hybridized carbons (Fsp3) is 0.889. The van der Waals surface area contributed by atoms with Crippen LogP contribution in [-0.4, -0.2) is 88.2 Å². The molecule has 4 rings (SSSR count). The maximum atomic E-state index is 13.3. The molecule has 9 heteroatoms. The first-order valence-corrected chi connectivity index (χ1v) is 13.0. The molecular formula is C27H46O9. The molecule has 0 amide bonds. The zero-order chi connectivity index (χ0) is 26.4. The molecule has 11 atom stereocenters. The molecule has 0 aromatic rings. The number of ketones is 1. The highest BCUT2D eigenvalue weighted by Gasteiger charge is 2.71. The average Bonchev–Trinajstić information content (AvgIpc) is 2.99. The summed E-state index contributed by atoms with van der Waals surface area (Å²) in [6.07, 6.45) is -1.08. The average molecular weight is 515 g/mol. The van der Waals surface area contributed by atoms with Gasteiger partial charge in [-0.1, -0.05) is 13.8 Å². The Labute approximate surface area is 213 Å². The molecule has 0 radical (unpaired) electrons. The Morgan fingerprint density at radius 1 is 1.06 bits per heavy atom. The number of hydrogen-bond donors (Lipinski definition) is 7. The van der Waals surface area contributed by atoms with E-state index in [1.807, 2.05) is 13.8 Å². The normalized spacial score (nSPS) is 47.0. The first kappa shape index (κ1) is 29.6. The van der Waals surface area contributed by atoms with Crippen LogP contribution in [0.4, 0.5) is 0 Å². The Kier molecular flexibility index (Phi) is 7.48. The molecule has 0 aliphatic heterocycles. The second kappa shape index (κ2) is 9.09. The molecule has 0 heterocycles. The highest BCUT2D eigenvalue weighted by Crippen LogP contribution is 2.68. The van der Waals surface area contributed by atoms with Gasteiger partial charge in [0, 0.05) is 17.3 Å². The van der Waals surface area contributed by atoms with E-state index in [2.05, 4.69) is 0 Å². The standard InChI is InChI=1S/C27H44O8.H2O/c1-23(2,33)8-7-21(32)26(5,34)20-6-9-27(35)15-11-16(28)14-10-17(29)18(30)12-24(14,3)22(15)19(31)13-25(20,27)4;/h11,14,17-22,29-35H,6-10,12-13H2,1-5H3;1H2/t14-,17-,18+,19-,20-,21+,22+,24-,25+,26+,27+;/m0./s1. The number of hydrogen-bond acceptors (Lipinski definition) is 8. The summed E-state index contributed by atoms with van der Waals surface area (Å²) in [5.41, 5.74) is -5.42. The van der Waals surface area contributed by atoms with E-state index < -0.39 is 69.8 Å². The lowest BCUT2D eigenvalue weighted by atomic mass is 9.45. The maximum absolute atomic E-state index is 13.3. The summed E-state index contributed by atoms with van der Waals surface area (Å²) in [6, 6.07) is 0.